The van der Waals surface area contributed by atoms with E-state index in [4.69, 9.17) is 0 Å². The van der Waals surface area contributed by atoms with Crippen LogP contribution >= 0.6 is 15.8 Å². The third kappa shape index (κ3) is 5.02. The van der Waals surface area contributed by atoms with Crippen LogP contribution in [0.25, 0.3) is 0 Å². The summed E-state index contributed by atoms with van der Waals surface area (Å²) in [5.74, 6) is 1.11. The Hall–Kier alpha value is 0.860. The first-order valence-electron chi connectivity index (χ1n) is 11.8. The Labute approximate surface area is 161 Å². The largest absolute Gasteiger partial charge is 0.104 e. The van der Waals surface area contributed by atoms with E-state index in [2.05, 4.69) is 20.8 Å². The van der Waals surface area contributed by atoms with Crippen molar-refractivity contribution in [3.05, 3.63) is 0 Å². The highest BCUT2D eigenvalue weighted by molar-refractivity contribution is 7.60. The summed E-state index contributed by atoms with van der Waals surface area (Å²) in [7, 11) is 0.601. The van der Waals surface area contributed by atoms with E-state index < -0.39 is 0 Å². The first kappa shape index (κ1) is 20.6. The van der Waals surface area contributed by atoms with Crippen molar-refractivity contribution in [2.75, 3.05) is 12.3 Å². The third-order valence-corrected chi connectivity index (χ3v) is 15.1. The van der Waals surface area contributed by atoms with Crippen LogP contribution in [0.15, 0.2) is 0 Å². The molecule has 0 aromatic heterocycles. The van der Waals surface area contributed by atoms with E-state index in [1.165, 1.54) is 25.2 Å². The van der Waals surface area contributed by atoms with Gasteiger partial charge in [-0.1, -0.05) is 73.6 Å². The number of hydrogen-bond donors (Lipinski definition) is 0. The lowest BCUT2D eigenvalue weighted by molar-refractivity contribution is 0.466. The lowest BCUT2D eigenvalue weighted by Gasteiger charge is -2.45. The fourth-order valence-corrected chi connectivity index (χ4v) is 14.3. The van der Waals surface area contributed by atoms with Crippen LogP contribution in [0.4, 0.5) is 0 Å². The summed E-state index contributed by atoms with van der Waals surface area (Å²) in [5.41, 5.74) is 4.52. The summed E-state index contributed by atoms with van der Waals surface area (Å²) in [6, 6.07) is 0. The van der Waals surface area contributed by atoms with Crippen LogP contribution < -0.4 is 0 Å². The molecule has 2 heteroatoms. The predicted molar refractivity (Wildman–Crippen MR) is 119 cm³/mol. The monoisotopic (exact) mass is 382 g/mol. The maximum absolute atomic E-state index is 2.76. The molecule has 3 saturated carbocycles. The quantitative estimate of drug-likeness (QED) is 0.389. The molecule has 0 heterocycles. The van der Waals surface area contributed by atoms with Crippen LogP contribution in [0.3, 0.4) is 0 Å². The molecule has 0 spiro atoms. The van der Waals surface area contributed by atoms with Gasteiger partial charge in [-0.3, -0.25) is 0 Å². The van der Waals surface area contributed by atoms with Crippen molar-refractivity contribution in [3.8, 4) is 0 Å². The van der Waals surface area contributed by atoms with E-state index in [0.717, 1.165) is 28.6 Å². The molecule has 0 saturated heterocycles. The van der Waals surface area contributed by atoms with Gasteiger partial charge < -0.3 is 0 Å². The fourth-order valence-electron chi connectivity index (χ4n) is 6.62. The van der Waals surface area contributed by atoms with Crippen molar-refractivity contribution in [1.29, 1.82) is 0 Å². The Balaban J connectivity index is 1.76. The molecule has 3 rings (SSSR count). The second-order valence-electron chi connectivity index (χ2n) is 9.15. The SMILES string of the molecule is CCP(CC)[C@H]1CCCC1[C@@H](C)P(C1CCCCC1)C1CCCCC1. The van der Waals surface area contributed by atoms with Gasteiger partial charge in [-0.2, -0.15) is 0 Å². The standard InChI is InChI=1S/C23H44P2/c1-4-24(5-2)23-18-12-17-22(23)19(3)25(20-13-8-6-9-14-20)21-15-10-7-11-16-21/h19-23H,4-18H2,1-3H3/t19-,22?,23+/m1/s1. The van der Waals surface area contributed by atoms with Gasteiger partial charge in [-0.05, 0) is 79.4 Å². The van der Waals surface area contributed by atoms with Crippen LogP contribution in [0, 0.1) is 5.92 Å². The van der Waals surface area contributed by atoms with Crippen molar-refractivity contribution in [1.82, 2.24) is 0 Å². The maximum atomic E-state index is 2.76. The van der Waals surface area contributed by atoms with Crippen LogP contribution in [0.1, 0.15) is 104 Å². The molecule has 0 aliphatic heterocycles. The highest BCUT2D eigenvalue weighted by atomic mass is 31.1. The van der Waals surface area contributed by atoms with E-state index in [1.54, 1.807) is 70.6 Å². The van der Waals surface area contributed by atoms with Gasteiger partial charge in [0, 0.05) is 0 Å². The summed E-state index contributed by atoms with van der Waals surface area (Å²) >= 11 is 0. The van der Waals surface area contributed by atoms with E-state index in [0.29, 0.717) is 7.92 Å². The molecule has 3 fully saturated rings. The summed E-state index contributed by atoms with van der Waals surface area (Å²) in [5, 5.41) is 0. The van der Waals surface area contributed by atoms with Crippen molar-refractivity contribution in [3.63, 3.8) is 0 Å². The molecule has 0 radical (unpaired) electrons. The first-order chi connectivity index (χ1) is 12.3. The van der Waals surface area contributed by atoms with Gasteiger partial charge in [0.25, 0.3) is 0 Å². The third-order valence-electron chi connectivity index (χ3n) is 7.90. The maximum Gasteiger partial charge on any atom is -0.0175 e. The predicted octanol–water partition coefficient (Wildman–Crippen LogP) is 8.21. The van der Waals surface area contributed by atoms with Crippen LogP contribution in [-0.4, -0.2) is 35.0 Å². The Morgan fingerprint density at radius 1 is 0.680 bits per heavy atom. The second-order valence-corrected chi connectivity index (χ2v) is 15.4. The van der Waals surface area contributed by atoms with E-state index in [9.17, 15) is 0 Å². The Kier molecular flexibility index (Phi) is 8.58. The molecule has 0 amide bonds. The smallest absolute Gasteiger partial charge is 0.0175 e. The normalized spacial score (nSPS) is 31.1. The Morgan fingerprint density at radius 2 is 1.20 bits per heavy atom. The van der Waals surface area contributed by atoms with Gasteiger partial charge in [0.2, 0.25) is 0 Å². The lowest BCUT2D eigenvalue weighted by atomic mass is 9.99. The van der Waals surface area contributed by atoms with E-state index >= 15 is 0 Å². The van der Waals surface area contributed by atoms with Crippen molar-refractivity contribution >= 4 is 15.8 Å². The van der Waals surface area contributed by atoms with Gasteiger partial charge in [0.1, 0.15) is 0 Å². The summed E-state index contributed by atoms with van der Waals surface area (Å²) in [6.45, 7) is 7.73. The fraction of sp³-hybridized carbons (Fsp3) is 1.00. The zero-order valence-electron chi connectivity index (χ0n) is 17.4. The number of hydrogen-bond acceptors (Lipinski definition) is 0. The second kappa shape index (κ2) is 10.4. The molecule has 146 valence electrons. The number of rotatable bonds is 7. The summed E-state index contributed by atoms with van der Waals surface area (Å²) < 4.78 is 0. The molecule has 3 aliphatic rings. The minimum Gasteiger partial charge on any atom is -0.104 e. The van der Waals surface area contributed by atoms with Crippen molar-refractivity contribution in [2.45, 2.75) is 127 Å². The molecule has 3 atom stereocenters. The molecule has 0 aromatic carbocycles. The molecular weight excluding hydrogens is 338 g/mol. The molecular formula is C23H44P2. The lowest BCUT2D eigenvalue weighted by Crippen LogP contribution is -2.32. The molecule has 1 unspecified atom stereocenters. The van der Waals surface area contributed by atoms with Crippen molar-refractivity contribution in [2.24, 2.45) is 5.92 Å². The highest BCUT2D eigenvalue weighted by Gasteiger charge is 2.42. The van der Waals surface area contributed by atoms with Gasteiger partial charge in [0.15, 0.2) is 0 Å². The van der Waals surface area contributed by atoms with E-state index in [-0.39, 0.29) is 7.92 Å². The van der Waals surface area contributed by atoms with Gasteiger partial charge >= 0.3 is 0 Å². The molecule has 3 aliphatic carbocycles. The molecule has 0 bridgehead atoms. The van der Waals surface area contributed by atoms with Gasteiger partial charge in [-0.25, -0.2) is 0 Å². The molecule has 25 heavy (non-hydrogen) atoms. The van der Waals surface area contributed by atoms with Gasteiger partial charge in [0.05, 0.1) is 0 Å². The van der Waals surface area contributed by atoms with Gasteiger partial charge in [-0.15, -0.1) is 7.92 Å². The highest BCUT2D eigenvalue weighted by Crippen LogP contribution is 2.64. The average Bonchev–Trinajstić information content (AvgIpc) is 3.14. The summed E-state index contributed by atoms with van der Waals surface area (Å²) in [6.07, 6.45) is 23.4. The van der Waals surface area contributed by atoms with E-state index in [1.807, 2.05) is 0 Å². The van der Waals surface area contributed by atoms with Crippen LogP contribution in [0.2, 0.25) is 0 Å². The molecule has 0 N–H and O–H groups in total. The Bertz CT molecular complexity index is 348. The van der Waals surface area contributed by atoms with Crippen LogP contribution in [-0.2, 0) is 0 Å². The molecule has 0 nitrogen and oxygen atoms in total. The summed E-state index contributed by atoms with van der Waals surface area (Å²) in [4.78, 5) is 0. The topological polar surface area (TPSA) is 0 Å². The first-order valence-corrected chi connectivity index (χ1v) is 15.1. The van der Waals surface area contributed by atoms with Crippen molar-refractivity contribution < 1.29 is 0 Å². The molecule has 0 aromatic rings. The van der Waals surface area contributed by atoms with Crippen LogP contribution in [0.5, 0.6) is 0 Å². The Morgan fingerprint density at radius 3 is 1.68 bits per heavy atom. The minimum atomic E-state index is 0.280. The zero-order valence-corrected chi connectivity index (χ0v) is 19.2. The zero-order chi connectivity index (χ0) is 17.6. The average molecular weight is 383 g/mol. The minimum absolute atomic E-state index is 0.280.